The summed E-state index contributed by atoms with van der Waals surface area (Å²) in [6, 6.07) is 0.741. The highest BCUT2D eigenvalue weighted by molar-refractivity contribution is 4.98. The second-order valence-electron chi connectivity index (χ2n) is 13.4. The van der Waals surface area contributed by atoms with Crippen LogP contribution in [0.3, 0.4) is 0 Å². The summed E-state index contributed by atoms with van der Waals surface area (Å²) in [4.78, 5) is 8.28. The molecular weight excluding hydrogens is 354 g/mol. The van der Waals surface area contributed by atoms with Crippen molar-refractivity contribution < 1.29 is 0 Å². The number of nitrogens with zero attached hydrogens (tertiary/aromatic N) is 3. The Hall–Kier alpha value is -0.120. The Morgan fingerprint density at radius 2 is 1.31 bits per heavy atom. The van der Waals surface area contributed by atoms with Gasteiger partial charge < -0.3 is 0 Å². The summed E-state index contributed by atoms with van der Waals surface area (Å²) in [6.45, 7) is 29.8. The van der Waals surface area contributed by atoms with Crippen LogP contribution in [0.5, 0.6) is 0 Å². The van der Waals surface area contributed by atoms with E-state index >= 15 is 0 Å². The molecule has 0 saturated carbocycles. The molecule has 0 aliphatic carbocycles. The molecule has 0 aromatic carbocycles. The van der Waals surface area contributed by atoms with Crippen molar-refractivity contribution in [2.24, 2.45) is 23.2 Å². The zero-order valence-corrected chi connectivity index (χ0v) is 21.2. The van der Waals surface area contributed by atoms with Crippen LogP contribution in [0.1, 0.15) is 88.0 Å². The first-order chi connectivity index (χ1) is 13.3. The van der Waals surface area contributed by atoms with Gasteiger partial charge in [0.25, 0.3) is 0 Å². The van der Waals surface area contributed by atoms with Gasteiger partial charge in [0.2, 0.25) is 0 Å². The molecule has 0 spiro atoms. The predicted octanol–water partition coefficient (Wildman–Crippen LogP) is 5.35. The molecule has 29 heavy (non-hydrogen) atoms. The first kappa shape index (κ1) is 23.5. The van der Waals surface area contributed by atoms with Gasteiger partial charge in [-0.15, -0.1) is 0 Å². The van der Waals surface area contributed by atoms with E-state index < -0.39 is 0 Å². The quantitative estimate of drug-likeness (QED) is 0.610. The van der Waals surface area contributed by atoms with Gasteiger partial charge in [-0.1, -0.05) is 13.8 Å². The summed E-state index contributed by atoms with van der Waals surface area (Å²) < 4.78 is 0. The fourth-order valence-corrected chi connectivity index (χ4v) is 6.13. The van der Waals surface area contributed by atoms with E-state index in [1.165, 1.54) is 65.0 Å². The number of rotatable bonds is 5. The maximum atomic E-state index is 2.83. The van der Waals surface area contributed by atoms with Crippen LogP contribution in [-0.4, -0.2) is 71.1 Å². The van der Waals surface area contributed by atoms with Crippen molar-refractivity contribution in [3.05, 3.63) is 0 Å². The first-order valence-electron chi connectivity index (χ1n) is 12.5. The summed E-state index contributed by atoms with van der Waals surface area (Å²) >= 11 is 0. The Bertz CT molecular complexity index is 527. The monoisotopic (exact) mass is 405 g/mol. The number of fused-ring (bicyclic) bond motifs is 1. The molecule has 3 heteroatoms. The topological polar surface area (TPSA) is 9.72 Å². The van der Waals surface area contributed by atoms with E-state index in [-0.39, 0.29) is 0 Å². The number of piperidine rings is 1. The number of hydrogen-bond donors (Lipinski definition) is 0. The van der Waals surface area contributed by atoms with Crippen LogP contribution in [-0.2, 0) is 0 Å². The third-order valence-electron chi connectivity index (χ3n) is 8.77. The van der Waals surface area contributed by atoms with E-state index in [4.69, 9.17) is 0 Å². The van der Waals surface area contributed by atoms with Gasteiger partial charge in [0.15, 0.2) is 0 Å². The van der Waals surface area contributed by atoms with Gasteiger partial charge in [0, 0.05) is 49.8 Å². The van der Waals surface area contributed by atoms with Crippen molar-refractivity contribution in [2.45, 2.75) is 105 Å². The van der Waals surface area contributed by atoms with E-state index in [9.17, 15) is 0 Å². The molecule has 3 heterocycles. The van der Waals surface area contributed by atoms with Gasteiger partial charge in [0.1, 0.15) is 0 Å². The van der Waals surface area contributed by atoms with Crippen molar-refractivity contribution in [3.63, 3.8) is 0 Å². The molecule has 3 nitrogen and oxygen atoms in total. The minimum absolute atomic E-state index is 0.316. The lowest BCUT2D eigenvalue weighted by Crippen LogP contribution is -2.50. The average molecular weight is 406 g/mol. The van der Waals surface area contributed by atoms with Crippen LogP contribution in [0.25, 0.3) is 0 Å². The first-order valence-corrected chi connectivity index (χ1v) is 12.5. The standard InChI is InChI=1S/C26H51N3/c1-20(27-15-21-17-29(25(5,6)7)18-22(21)16-27)12-13-26(8,9)23-11-10-14-28(19-23)24(2,3)4/h20-23H,10-19H2,1-9H3. The highest BCUT2D eigenvalue weighted by Crippen LogP contribution is 2.41. The smallest absolute Gasteiger partial charge is 0.0125 e. The molecule has 3 rings (SSSR count). The zero-order valence-electron chi connectivity index (χ0n) is 21.2. The molecule has 0 aromatic heterocycles. The zero-order chi connectivity index (χ0) is 21.6. The molecule has 0 bridgehead atoms. The highest BCUT2D eigenvalue weighted by Gasteiger charge is 2.44. The molecular formula is C26H51N3. The molecule has 0 aromatic rings. The molecule has 4 unspecified atom stereocenters. The molecule has 0 amide bonds. The normalized spacial score (nSPS) is 32.0. The van der Waals surface area contributed by atoms with Crippen LogP contribution >= 0.6 is 0 Å². The van der Waals surface area contributed by atoms with E-state index in [0.29, 0.717) is 16.5 Å². The Morgan fingerprint density at radius 3 is 1.83 bits per heavy atom. The molecule has 4 atom stereocenters. The van der Waals surface area contributed by atoms with Gasteiger partial charge >= 0.3 is 0 Å². The summed E-state index contributed by atoms with van der Waals surface area (Å²) in [5.74, 6) is 2.66. The minimum Gasteiger partial charge on any atom is -0.300 e. The number of likely N-dealkylation sites (tertiary alicyclic amines) is 3. The highest BCUT2D eigenvalue weighted by atomic mass is 15.3. The summed E-state index contributed by atoms with van der Waals surface area (Å²) in [5.41, 5.74) is 1.11. The largest absolute Gasteiger partial charge is 0.300 e. The Morgan fingerprint density at radius 1 is 0.759 bits per heavy atom. The van der Waals surface area contributed by atoms with Crippen LogP contribution in [0.4, 0.5) is 0 Å². The van der Waals surface area contributed by atoms with Crippen molar-refractivity contribution >= 4 is 0 Å². The van der Waals surface area contributed by atoms with Gasteiger partial charge in [0.05, 0.1) is 0 Å². The molecule has 3 saturated heterocycles. The Kier molecular flexibility index (Phi) is 6.84. The Labute approximate surface area is 182 Å². The fourth-order valence-electron chi connectivity index (χ4n) is 6.13. The molecule has 3 aliphatic rings. The van der Waals surface area contributed by atoms with Crippen LogP contribution in [0.15, 0.2) is 0 Å². The van der Waals surface area contributed by atoms with E-state index in [1.807, 2.05) is 0 Å². The van der Waals surface area contributed by atoms with Crippen LogP contribution in [0, 0.1) is 23.2 Å². The Balaban J connectivity index is 1.48. The third kappa shape index (κ3) is 5.57. The van der Waals surface area contributed by atoms with Gasteiger partial charge in [-0.25, -0.2) is 0 Å². The second kappa shape index (κ2) is 8.43. The molecule has 3 aliphatic heterocycles. The predicted molar refractivity (Wildman–Crippen MR) is 126 cm³/mol. The minimum atomic E-state index is 0.316. The SMILES string of the molecule is CC(CCC(C)(C)C1CCCN(C(C)(C)C)C1)N1CC2CN(C(C)(C)C)CC2C1. The molecule has 170 valence electrons. The maximum absolute atomic E-state index is 2.83. The van der Waals surface area contributed by atoms with E-state index in [2.05, 4.69) is 77.0 Å². The summed E-state index contributed by atoms with van der Waals surface area (Å²) in [6.07, 6.45) is 5.53. The van der Waals surface area contributed by atoms with Crippen molar-refractivity contribution in [2.75, 3.05) is 39.3 Å². The average Bonchev–Trinajstić information content (AvgIpc) is 3.18. The van der Waals surface area contributed by atoms with Crippen molar-refractivity contribution in [3.8, 4) is 0 Å². The fraction of sp³-hybridized carbons (Fsp3) is 1.00. The lowest BCUT2D eigenvalue weighted by Gasteiger charge is -2.47. The lowest BCUT2D eigenvalue weighted by molar-refractivity contribution is 0.0254. The number of hydrogen-bond acceptors (Lipinski definition) is 3. The van der Waals surface area contributed by atoms with Gasteiger partial charge in [-0.05, 0) is 104 Å². The molecule has 0 N–H and O–H groups in total. The summed E-state index contributed by atoms with van der Waals surface area (Å²) in [7, 11) is 0. The lowest BCUT2D eigenvalue weighted by atomic mass is 9.71. The van der Waals surface area contributed by atoms with Crippen LogP contribution < -0.4 is 0 Å². The van der Waals surface area contributed by atoms with Crippen molar-refractivity contribution in [1.82, 2.24) is 14.7 Å². The van der Waals surface area contributed by atoms with E-state index in [0.717, 1.165) is 23.8 Å². The third-order valence-corrected chi connectivity index (χ3v) is 8.77. The maximum Gasteiger partial charge on any atom is 0.0125 e. The van der Waals surface area contributed by atoms with Crippen molar-refractivity contribution in [1.29, 1.82) is 0 Å². The molecule has 0 radical (unpaired) electrons. The summed E-state index contributed by atoms with van der Waals surface area (Å²) in [5, 5.41) is 0. The second-order valence-corrected chi connectivity index (χ2v) is 13.4. The van der Waals surface area contributed by atoms with Gasteiger partial charge in [-0.2, -0.15) is 0 Å². The van der Waals surface area contributed by atoms with Crippen LogP contribution in [0.2, 0.25) is 0 Å². The van der Waals surface area contributed by atoms with Gasteiger partial charge in [-0.3, -0.25) is 14.7 Å². The van der Waals surface area contributed by atoms with E-state index in [1.54, 1.807) is 0 Å². The molecule has 3 fully saturated rings.